The highest BCUT2D eigenvalue weighted by Gasteiger charge is 2.27. The minimum atomic E-state index is -0.693. The van der Waals surface area contributed by atoms with Crippen molar-refractivity contribution < 1.29 is 19.1 Å². The molecule has 0 radical (unpaired) electrons. The zero-order chi connectivity index (χ0) is 13.4. The van der Waals surface area contributed by atoms with E-state index in [0.717, 1.165) is 0 Å². The van der Waals surface area contributed by atoms with Crippen LogP contribution in [0.5, 0.6) is 0 Å². The van der Waals surface area contributed by atoms with Gasteiger partial charge in [-0.2, -0.15) is 0 Å². The summed E-state index contributed by atoms with van der Waals surface area (Å²) in [4.78, 5) is 33.9. The van der Waals surface area contributed by atoms with Crippen LogP contribution in [0.4, 0.5) is 0 Å². The minimum Gasteiger partial charge on any atom is -0.466 e. The standard InChI is InChI=1S/C13H20O4/c1-5-11(7-8-12(16)17-6-2)13(9(3)14)10(4)15/h5,11,13H,1,6-8H2,2-4H3/t11-/m1/s1. The molecule has 0 aromatic heterocycles. The van der Waals surface area contributed by atoms with Gasteiger partial charge in [-0.3, -0.25) is 14.4 Å². The van der Waals surface area contributed by atoms with Gasteiger partial charge in [0.15, 0.2) is 0 Å². The average molecular weight is 240 g/mol. The van der Waals surface area contributed by atoms with Crippen molar-refractivity contribution in [1.82, 2.24) is 0 Å². The summed E-state index contributed by atoms with van der Waals surface area (Å²) in [5.74, 6) is -1.68. The number of allylic oxidation sites excluding steroid dienone is 1. The molecular weight excluding hydrogens is 220 g/mol. The first kappa shape index (κ1) is 15.6. The summed E-state index contributed by atoms with van der Waals surface area (Å²) in [7, 11) is 0. The lowest BCUT2D eigenvalue weighted by Gasteiger charge is -2.19. The molecule has 96 valence electrons. The van der Waals surface area contributed by atoms with Crippen LogP contribution in [0.3, 0.4) is 0 Å². The predicted octanol–water partition coefficient (Wildman–Crippen LogP) is 1.93. The fourth-order valence-corrected chi connectivity index (χ4v) is 1.83. The molecule has 0 bridgehead atoms. The van der Waals surface area contributed by atoms with E-state index in [1.54, 1.807) is 13.0 Å². The number of rotatable bonds is 8. The topological polar surface area (TPSA) is 60.4 Å². The number of ketones is 2. The summed E-state index contributed by atoms with van der Waals surface area (Å²) in [5, 5.41) is 0. The third-order valence-corrected chi connectivity index (χ3v) is 2.59. The van der Waals surface area contributed by atoms with Crippen molar-refractivity contribution in [3.05, 3.63) is 12.7 Å². The van der Waals surface area contributed by atoms with E-state index in [-0.39, 0.29) is 29.9 Å². The van der Waals surface area contributed by atoms with Crippen molar-refractivity contribution in [2.75, 3.05) is 6.61 Å². The van der Waals surface area contributed by atoms with Crippen LogP contribution in [0.25, 0.3) is 0 Å². The normalized spacial score (nSPS) is 12.0. The van der Waals surface area contributed by atoms with Crippen molar-refractivity contribution in [1.29, 1.82) is 0 Å². The molecular formula is C13H20O4. The third kappa shape index (κ3) is 5.43. The lowest BCUT2D eigenvalue weighted by molar-refractivity contribution is -0.144. The van der Waals surface area contributed by atoms with Gasteiger partial charge >= 0.3 is 5.97 Å². The lowest BCUT2D eigenvalue weighted by atomic mass is 9.83. The minimum absolute atomic E-state index is 0.189. The van der Waals surface area contributed by atoms with Crippen LogP contribution in [0.15, 0.2) is 12.7 Å². The van der Waals surface area contributed by atoms with Gasteiger partial charge in [0, 0.05) is 6.42 Å². The first-order valence-corrected chi connectivity index (χ1v) is 5.73. The molecule has 0 fully saturated rings. The van der Waals surface area contributed by atoms with Crippen molar-refractivity contribution in [2.24, 2.45) is 11.8 Å². The van der Waals surface area contributed by atoms with E-state index in [0.29, 0.717) is 13.0 Å². The number of hydrogen-bond acceptors (Lipinski definition) is 4. The molecule has 0 aliphatic heterocycles. The van der Waals surface area contributed by atoms with E-state index < -0.39 is 5.92 Å². The van der Waals surface area contributed by atoms with Crippen molar-refractivity contribution in [3.8, 4) is 0 Å². The van der Waals surface area contributed by atoms with Crippen LogP contribution < -0.4 is 0 Å². The maximum Gasteiger partial charge on any atom is 0.305 e. The monoisotopic (exact) mass is 240 g/mol. The van der Waals surface area contributed by atoms with Crippen LogP contribution >= 0.6 is 0 Å². The Hall–Kier alpha value is -1.45. The molecule has 4 nitrogen and oxygen atoms in total. The van der Waals surface area contributed by atoms with E-state index in [1.807, 2.05) is 0 Å². The highest BCUT2D eigenvalue weighted by atomic mass is 16.5. The van der Waals surface area contributed by atoms with Crippen molar-refractivity contribution in [3.63, 3.8) is 0 Å². The molecule has 0 saturated carbocycles. The van der Waals surface area contributed by atoms with Crippen LogP contribution in [0.1, 0.15) is 33.6 Å². The summed E-state index contributed by atoms with van der Waals surface area (Å²) in [6.07, 6.45) is 2.17. The smallest absolute Gasteiger partial charge is 0.305 e. The molecule has 0 aromatic carbocycles. The van der Waals surface area contributed by atoms with Crippen LogP contribution in [-0.2, 0) is 19.1 Å². The SMILES string of the molecule is C=C[C@H](CCC(=O)OCC)C(C(C)=O)C(C)=O. The van der Waals surface area contributed by atoms with Gasteiger partial charge in [0.25, 0.3) is 0 Å². The average Bonchev–Trinajstić information content (AvgIpc) is 2.23. The van der Waals surface area contributed by atoms with E-state index in [1.165, 1.54) is 13.8 Å². The molecule has 0 heterocycles. The molecule has 0 aliphatic rings. The predicted molar refractivity (Wildman–Crippen MR) is 64.4 cm³/mol. The number of carbonyl (C=O) groups excluding carboxylic acids is 3. The number of carbonyl (C=O) groups is 3. The third-order valence-electron chi connectivity index (χ3n) is 2.59. The van der Waals surface area contributed by atoms with Gasteiger partial charge in [-0.25, -0.2) is 0 Å². The van der Waals surface area contributed by atoms with Gasteiger partial charge in [0.2, 0.25) is 0 Å². The fraction of sp³-hybridized carbons (Fsp3) is 0.615. The van der Waals surface area contributed by atoms with E-state index >= 15 is 0 Å². The van der Waals surface area contributed by atoms with Gasteiger partial charge in [-0.05, 0) is 33.1 Å². The van der Waals surface area contributed by atoms with E-state index in [4.69, 9.17) is 4.74 Å². The largest absolute Gasteiger partial charge is 0.466 e. The Morgan fingerprint density at radius 3 is 2.12 bits per heavy atom. The zero-order valence-electron chi connectivity index (χ0n) is 10.7. The van der Waals surface area contributed by atoms with Gasteiger partial charge in [-0.1, -0.05) is 6.08 Å². The number of ether oxygens (including phenoxy) is 1. The zero-order valence-corrected chi connectivity index (χ0v) is 10.7. The Balaban J connectivity index is 4.50. The summed E-state index contributed by atoms with van der Waals surface area (Å²) in [6.45, 7) is 8.44. The van der Waals surface area contributed by atoms with Crippen LogP contribution in [-0.4, -0.2) is 24.1 Å². The highest BCUT2D eigenvalue weighted by Crippen LogP contribution is 2.21. The van der Waals surface area contributed by atoms with Crippen molar-refractivity contribution >= 4 is 17.5 Å². The Kier molecular flexibility index (Phi) is 7.10. The lowest BCUT2D eigenvalue weighted by Crippen LogP contribution is -2.27. The Morgan fingerprint density at radius 2 is 1.76 bits per heavy atom. The molecule has 0 aliphatic carbocycles. The first-order valence-electron chi connectivity index (χ1n) is 5.73. The van der Waals surface area contributed by atoms with Gasteiger partial charge in [0.05, 0.1) is 12.5 Å². The quantitative estimate of drug-likeness (QED) is 0.369. The Labute approximate surface area is 102 Å². The molecule has 0 spiro atoms. The number of hydrogen-bond donors (Lipinski definition) is 0. The Morgan fingerprint density at radius 1 is 1.24 bits per heavy atom. The number of esters is 1. The first-order chi connectivity index (χ1) is 7.93. The maximum absolute atomic E-state index is 11.4. The van der Waals surface area contributed by atoms with Crippen LogP contribution in [0, 0.1) is 11.8 Å². The molecule has 0 saturated heterocycles. The summed E-state index contributed by atoms with van der Waals surface area (Å²) in [6, 6.07) is 0. The second-order valence-electron chi connectivity index (χ2n) is 3.94. The van der Waals surface area contributed by atoms with Crippen LogP contribution in [0.2, 0.25) is 0 Å². The van der Waals surface area contributed by atoms with Crippen molar-refractivity contribution in [2.45, 2.75) is 33.6 Å². The number of Topliss-reactive ketones (excluding diaryl/α,β-unsaturated/α-hetero) is 2. The summed E-state index contributed by atoms with van der Waals surface area (Å²) in [5.41, 5.74) is 0. The van der Waals surface area contributed by atoms with E-state index in [2.05, 4.69) is 6.58 Å². The molecule has 4 heteroatoms. The molecule has 17 heavy (non-hydrogen) atoms. The second kappa shape index (κ2) is 7.76. The molecule has 0 aromatic rings. The van der Waals surface area contributed by atoms with Gasteiger partial charge < -0.3 is 4.74 Å². The fourth-order valence-electron chi connectivity index (χ4n) is 1.83. The maximum atomic E-state index is 11.4. The molecule has 0 N–H and O–H groups in total. The molecule has 0 rings (SSSR count). The van der Waals surface area contributed by atoms with Gasteiger partial charge in [0.1, 0.15) is 11.6 Å². The highest BCUT2D eigenvalue weighted by molar-refractivity contribution is 6.00. The Bertz CT molecular complexity index is 293. The second-order valence-corrected chi connectivity index (χ2v) is 3.94. The molecule has 0 unspecified atom stereocenters. The van der Waals surface area contributed by atoms with Gasteiger partial charge in [-0.15, -0.1) is 6.58 Å². The van der Waals surface area contributed by atoms with E-state index in [9.17, 15) is 14.4 Å². The summed E-state index contributed by atoms with van der Waals surface area (Å²) >= 11 is 0. The molecule has 0 amide bonds. The molecule has 1 atom stereocenters. The summed E-state index contributed by atoms with van der Waals surface area (Å²) < 4.78 is 4.79.